The minimum absolute atomic E-state index is 0.0441. The Balaban J connectivity index is 2.01. The van der Waals surface area contributed by atoms with Crippen LogP contribution in [0.3, 0.4) is 0 Å². The summed E-state index contributed by atoms with van der Waals surface area (Å²) in [5.74, 6) is -1.01. The molecule has 0 radical (unpaired) electrons. The molecule has 1 N–H and O–H groups in total. The molecule has 1 aromatic heterocycles. The zero-order valence-electron chi connectivity index (χ0n) is 8.71. The van der Waals surface area contributed by atoms with Gasteiger partial charge >= 0.3 is 5.97 Å². The lowest BCUT2D eigenvalue weighted by molar-refractivity contribution is -0.141. The van der Waals surface area contributed by atoms with Crippen LogP contribution in [0.1, 0.15) is 18.2 Å². The predicted molar refractivity (Wildman–Crippen MR) is 50.2 cm³/mol. The molecule has 1 aliphatic heterocycles. The van der Waals surface area contributed by atoms with E-state index in [1.165, 1.54) is 4.90 Å². The predicted octanol–water partition coefficient (Wildman–Crippen LogP) is -0.189. The second-order valence-electron chi connectivity index (χ2n) is 3.73. The molecule has 7 nitrogen and oxygen atoms in total. The first-order chi connectivity index (χ1) is 7.56. The van der Waals surface area contributed by atoms with Gasteiger partial charge in [0.1, 0.15) is 0 Å². The van der Waals surface area contributed by atoms with E-state index in [1.54, 1.807) is 6.92 Å². The fraction of sp³-hybridized carbons (Fsp3) is 0.556. The number of hydrogen-bond acceptors (Lipinski definition) is 5. The number of nitrogens with zero attached hydrogens (tertiary/aromatic N) is 3. The molecule has 0 aliphatic carbocycles. The van der Waals surface area contributed by atoms with Crippen molar-refractivity contribution in [2.24, 2.45) is 5.92 Å². The highest BCUT2D eigenvalue weighted by Crippen LogP contribution is 2.19. The lowest BCUT2D eigenvalue weighted by atomic mass is 10.1. The van der Waals surface area contributed by atoms with Gasteiger partial charge in [-0.25, -0.2) is 0 Å². The van der Waals surface area contributed by atoms with E-state index in [0.29, 0.717) is 11.8 Å². The monoisotopic (exact) mass is 225 g/mol. The van der Waals surface area contributed by atoms with E-state index < -0.39 is 11.9 Å². The summed E-state index contributed by atoms with van der Waals surface area (Å²) in [6.45, 7) is 2.04. The molecule has 1 aliphatic rings. The Morgan fingerprint density at radius 1 is 1.62 bits per heavy atom. The van der Waals surface area contributed by atoms with Crippen LogP contribution in [0.2, 0.25) is 0 Å². The van der Waals surface area contributed by atoms with Gasteiger partial charge in [0, 0.05) is 19.9 Å². The molecule has 2 heterocycles. The molecule has 86 valence electrons. The maximum Gasteiger partial charge on any atom is 0.308 e. The highest BCUT2D eigenvalue weighted by molar-refractivity contribution is 5.85. The van der Waals surface area contributed by atoms with Gasteiger partial charge < -0.3 is 14.4 Å². The van der Waals surface area contributed by atoms with E-state index in [4.69, 9.17) is 9.52 Å². The van der Waals surface area contributed by atoms with Crippen LogP contribution in [0.5, 0.6) is 0 Å². The number of rotatable bonds is 3. The topological polar surface area (TPSA) is 96.5 Å². The minimum atomic E-state index is -0.947. The van der Waals surface area contributed by atoms with E-state index in [0.717, 1.165) is 0 Å². The SMILES string of the molecule is Cc1nnc(CN2CC(C(=O)O)CC2=O)o1. The summed E-state index contributed by atoms with van der Waals surface area (Å²) in [6.07, 6.45) is 0.0441. The zero-order chi connectivity index (χ0) is 11.7. The van der Waals surface area contributed by atoms with Gasteiger partial charge in [-0.15, -0.1) is 10.2 Å². The van der Waals surface area contributed by atoms with E-state index in [2.05, 4.69) is 10.2 Å². The Bertz CT molecular complexity index is 428. The number of carboxylic acid groups (broad SMARTS) is 1. The smallest absolute Gasteiger partial charge is 0.308 e. The third-order valence-corrected chi connectivity index (χ3v) is 2.46. The molecule has 16 heavy (non-hydrogen) atoms. The number of carbonyl (C=O) groups is 2. The van der Waals surface area contributed by atoms with Crippen molar-refractivity contribution in [1.29, 1.82) is 0 Å². The lowest BCUT2D eigenvalue weighted by Crippen LogP contribution is -2.25. The number of aliphatic carboxylic acids is 1. The summed E-state index contributed by atoms with van der Waals surface area (Å²) in [6, 6.07) is 0. The van der Waals surface area contributed by atoms with Gasteiger partial charge in [-0.3, -0.25) is 9.59 Å². The molecule has 0 saturated carbocycles. The molecule has 7 heteroatoms. The highest BCUT2D eigenvalue weighted by atomic mass is 16.4. The zero-order valence-corrected chi connectivity index (χ0v) is 8.71. The second kappa shape index (κ2) is 3.92. The largest absolute Gasteiger partial charge is 0.481 e. The molecule has 1 saturated heterocycles. The summed E-state index contributed by atoms with van der Waals surface area (Å²) in [5, 5.41) is 16.2. The molecule has 1 atom stereocenters. The first kappa shape index (κ1) is 10.6. The van der Waals surface area contributed by atoms with Crippen molar-refractivity contribution in [2.75, 3.05) is 6.54 Å². The maximum absolute atomic E-state index is 11.5. The summed E-state index contributed by atoms with van der Waals surface area (Å²) < 4.78 is 5.13. The summed E-state index contributed by atoms with van der Waals surface area (Å²) in [4.78, 5) is 23.6. The molecule has 0 spiro atoms. The van der Waals surface area contributed by atoms with Gasteiger partial charge in [-0.05, 0) is 0 Å². The van der Waals surface area contributed by atoms with Crippen LogP contribution in [0.25, 0.3) is 0 Å². The van der Waals surface area contributed by atoms with Gasteiger partial charge in [-0.1, -0.05) is 0 Å². The van der Waals surface area contributed by atoms with E-state index in [1.807, 2.05) is 0 Å². The van der Waals surface area contributed by atoms with Crippen molar-refractivity contribution in [3.63, 3.8) is 0 Å². The number of amides is 1. The van der Waals surface area contributed by atoms with Crippen LogP contribution in [-0.2, 0) is 16.1 Å². The standard InChI is InChI=1S/C9H11N3O4/c1-5-10-11-7(16-5)4-12-3-6(9(14)15)2-8(12)13/h6H,2-4H2,1H3,(H,14,15). The van der Waals surface area contributed by atoms with Crippen molar-refractivity contribution in [1.82, 2.24) is 15.1 Å². The third-order valence-electron chi connectivity index (χ3n) is 2.46. The first-order valence-electron chi connectivity index (χ1n) is 4.86. The average molecular weight is 225 g/mol. The van der Waals surface area contributed by atoms with Gasteiger partial charge in [0.05, 0.1) is 12.5 Å². The summed E-state index contributed by atoms with van der Waals surface area (Å²) in [7, 11) is 0. The first-order valence-corrected chi connectivity index (χ1v) is 4.86. The number of likely N-dealkylation sites (tertiary alicyclic amines) is 1. The number of hydrogen-bond donors (Lipinski definition) is 1. The van der Waals surface area contributed by atoms with Crippen molar-refractivity contribution >= 4 is 11.9 Å². The molecule has 0 aromatic carbocycles. The molecule has 1 aromatic rings. The lowest BCUT2D eigenvalue weighted by Gasteiger charge is -2.12. The molecule has 0 bridgehead atoms. The van der Waals surface area contributed by atoms with E-state index >= 15 is 0 Å². The van der Waals surface area contributed by atoms with Gasteiger partial charge in [0.2, 0.25) is 17.7 Å². The molecule has 2 rings (SSSR count). The van der Waals surface area contributed by atoms with Crippen molar-refractivity contribution in [3.8, 4) is 0 Å². The van der Waals surface area contributed by atoms with Gasteiger partial charge in [-0.2, -0.15) is 0 Å². The van der Waals surface area contributed by atoms with Gasteiger partial charge in [0.25, 0.3) is 0 Å². The Hall–Kier alpha value is -1.92. The Morgan fingerprint density at radius 2 is 2.38 bits per heavy atom. The van der Waals surface area contributed by atoms with Crippen LogP contribution in [0, 0.1) is 12.8 Å². The number of carbonyl (C=O) groups excluding carboxylic acids is 1. The highest BCUT2D eigenvalue weighted by Gasteiger charge is 2.34. The number of carboxylic acids is 1. The molecular weight excluding hydrogens is 214 g/mol. The Morgan fingerprint density at radius 3 is 2.88 bits per heavy atom. The fourth-order valence-electron chi connectivity index (χ4n) is 1.66. The van der Waals surface area contributed by atoms with E-state index in [-0.39, 0.29) is 25.4 Å². The molecule has 1 amide bonds. The quantitative estimate of drug-likeness (QED) is 0.765. The van der Waals surface area contributed by atoms with Crippen LogP contribution < -0.4 is 0 Å². The normalized spacial score (nSPS) is 20.4. The summed E-state index contributed by atoms with van der Waals surface area (Å²) in [5.41, 5.74) is 0. The van der Waals surface area contributed by atoms with Crippen LogP contribution in [0.15, 0.2) is 4.42 Å². The van der Waals surface area contributed by atoms with Crippen molar-refractivity contribution < 1.29 is 19.1 Å². The summed E-state index contributed by atoms with van der Waals surface area (Å²) >= 11 is 0. The second-order valence-corrected chi connectivity index (χ2v) is 3.73. The third kappa shape index (κ3) is 2.02. The van der Waals surface area contributed by atoms with Crippen molar-refractivity contribution in [2.45, 2.75) is 19.9 Å². The van der Waals surface area contributed by atoms with Crippen LogP contribution in [0.4, 0.5) is 0 Å². The Labute approximate surface area is 91.1 Å². The van der Waals surface area contributed by atoms with Crippen molar-refractivity contribution in [3.05, 3.63) is 11.8 Å². The molecule has 1 fully saturated rings. The Kier molecular flexibility index (Phi) is 2.59. The number of aryl methyl sites for hydroxylation is 1. The minimum Gasteiger partial charge on any atom is -0.481 e. The molecular formula is C9H11N3O4. The fourth-order valence-corrected chi connectivity index (χ4v) is 1.66. The van der Waals surface area contributed by atoms with Crippen LogP contribution in [-0.4, -0.2) is 38.6 Å². The van der Waals surface area contributed by atoms with Gasteiger partial charge in [0.15, 0.2) is 0 Å². The van der Waals surface area contributed by atoms with E-state index in [9.17, 15) is 9.59 Å². The maximum atomic E-state index is 11.5. The molecule has 1 unspecified atom stereocenters. The number of aromatic nitrogens is 2. The van der Waals surface area contributed by atoms with Crippen LogP contribution >= 0.6 is 0 Å². The average Bonchev–Trinajstić information content (AvgIpc) is 2.75.